The van der Waals surface area contributed by atoms with E-state index in [1.807, 2.05) is 12.1 Å². The highest BCUT2D eigenvalue weighted by molar-refractivity contribution is 9.10. The molecule has 26 heavy (non-hydrogen) atoms. The number of hydrogen-bond acceptors (Lipinski definition) is 3. The summed E-state index contributed by atoms with van der Waals surface area (Å²) in [5.74, 6) is -1.82. The van der Waals surface area contributed by atoms with Crippen LogP contribution in [0, 0.1) is 11.6 Å². The molecule has 3 rings (SSSR count). The van der Waals surface area contributed by atoms with E-state index < -0.39 is 17.6 Å². The zero-order valence-corrected chi connectivity index (χ0v) is 15.5. The lowest BCUT2D eigenvalue weighted by molar-refractivity contribution is -0.142. The van der Waals surface area contributed by atoms with Crippen LogP contribution in [0.5, 0.6) is 0 Å². The maximum Gasteiger partial charge on any atom is 0.311 e. The molecule has 0 fully saturated rings. The van der Waals surface area contributed by atoms with E-state index in [1.165, 1.54) is 18.2 Å². The van der Waals surface area contributed by atoms with E-state index in [0.29, 0.717) is 11.4 Å². The van der Waals surface area contributed by atoms with Crippen molar-refractivity contribution in [3.8, 4) is 17.1 Å². The Kier molecular flexibility index (Phi) is 5.46. The van der Waals surface area contributed by atoms with E-state index in [4.69, 9.17) is 4.74 Å². The summed E-state index contributed by atoms with van der Waals surface area (Å²) < 4.78 is 35.9. The normalized spacial score (nSPS) is 10.8. The number of hydrogen-bond donors (Lipinski definition) is 0. The lowest BCUT2D eigenvalue weighted by atomic mass is 10.2. The molecule has 134 valence electrons. The van der Waals surface area contributed by atoms with Gasteiger partial charge in [0.05, 0.1) is 24.3 Å². The van der Waals surface area contributed by atoms with Gasteiger partial charge in [0.2, 0.25) is 0 Å². The van der Waals surface area contributed by atoms with Gasteiger partial charge in [-0.15, -0.1) is 0 Å². The van der Waals surface area contributed by atoms with Crippen molar-refractivity contribution in [3.05, 3.63) is 70.5 Å². The van der Waals surface area contributed by atoms with E-state index in [9.17, 15) is 13.6 Å². The number of aromatic nitrogens is 2. The van der Waals surface area contributed by atoms with Gasteiger partial charge in [-0.3, -0.25) is 9.36 Å². The summed E-state index contributed by atoms with van der Waals surface area (Å²) in [7, 11) is 0. The summed E-state index contributed by atoms with van der Waals surface area (Å²) in [5, 5.41) is 0. The second-order valence-corrected chi connectivity index (χ2v) is 6.40. The van der Waals surface area contributed by atoms with Gasteiger partial charge in [0.1, 0.15) is 11.6 Å². The summed E-state index contributed by atoms with van der Waals surface area (Å²) in [5.41, 5.74) is 0.781. The molecule has 4 nitrogen and oxygen atoms in total. The van der Waals surface area contributed by atoms with Gasteiger partial charge in [-0.2, -0.15) is 0 Å². The first-order valence-corrected chi connectivity index (χ1v) is 8.73. The van der Waals surface area contributed by atoms with Crippen LogP contribution in [0.25, 0.3) is 17.1 Å². The van der Waals surface area contributed by atoms with Crippen LogP contribution in [0.3, 0.4) is 0 Å². The molecular formula is C19H15BrF2N2O2. The quantitative estimate of drug-likeness (QED) is 0.562. The molecule has 0 unspecified atom stereocenters. The van der Waals surface area contributed by atoms with Crippen molar-refractivity contribution in [2.45, 2.75) is 13.3 Å². The van der Waals surface area contributed by atoms with Crippen LogP contribution >= 0.6 is 15.9 Å². The van der Waals surface area contributed by atoms with Crippen molar-refractivity contribution in [1.82, 2.24) is 9.55 Å². The average Bonchev–Trinajstić information content (AvgIpc) is 2.99. The monoisotopic (exact) mass is 420 g/mol. The Balaban J connectivity index is 2.13. The molecule has 0 atom stereocenters. The zero-order valence-electron chi connectivity index (χ0n) is 13.9. The van der Waals surface area contributed by atoms with E-state index in [2.05, 4.69) is 20.9 Å². The Hall–Kier alpha value is -2.54. The Morgan fingerprint density at radius 1 is 1.15 bits per heavy atom. The van der Waals surface area contributed by atoms with Crippen LogP contribution in [0.15, 0.2) is 53.1 Å². The van der Waals surface area contributed by atoms with Crippen molar-refractivity contribution in [3.63, 3.8) is 0 Å². The average molecular weight is 421 g/mol. The largest absolute Gasteiger partial charge is 0.466 e. The molecule has 0 saturated carbocycles. The fourth-order valence-electron chi connectivity index (χ4n) is 2.56. The van der Waals surface area contributed by atoms with Gasteiger partial charge in [-0.25, -0.2) is 13.8 Å². The minimum Gasteiger partial charge on any atom is -0.466 e. The number of ether oxygens (including phenoxy) is 1. The van der Waals surface area contributed by atoms with Gasteiger partial charge >= 0.3 is 5.97 Å². The third-order valence-corrected chi connectivity index (χ3v) is 4.21. The lowest BCUT2D eigenvalue weighted by Crippen LogP contribution is -2.07. The van der Waals surface area contributed by atoms with E-state index in [1.54, 1.807) is 29.8 Å². The zero-order chi connectivity index (χ0) is 18.7. The van der Waals surface area contributed by atoms with Crippen molar-refractivity contribution in [2.24, 2.45) is 0 Å². The third-order valence-electron chi connectivity index (χ3n) is 3.68. The first kappa shape index (κ1) is 18.3. The first-order valence-electron chi connectivity index (χ1n) is 7.93. The fraction of sp³-hybridized carbons (Fsp3) is 0.158. The Morgan fingerprint density at radius 2 is 1.81 bits per heavy atom. The Labute approximate surface area is 157 Å². The van der Waals surface area contributed by atoms with E-state index in [-0.39, 0.29) is 24.4 Å². The fourth-order valence-corrected chi connectivity index (χ4v) is 2.82. The molecule has 1 heterocycles. The molecule has 0 saturated heterocycles. The number of rotatable bonds is 5. The second-order valence-electron chi connectivity index (χ2n) is 5.48. The van der Waals surface area contributed by atoms with Crippen LogP contribution in [0.2, 0.25) is 0 Å². The van der Waals surface area contributed by atoms with E-state index in [0.717, 1.165) is 4.47 Å². The molecule has 3 aromatic rings. The smallest absolute Gasteiger partial charge is 0.311 e. The van der Waals surface area contributed by atoms with Gasteiger partial charge in [0, 0.05) is 16.4 Å². The molecule has 2 aromatic carbocycles. The molecule has 1 aromatic heterocycles. The summed E-state index contributed by atoms with van der Waals surface area (Å²) in [6.07, 6.45) is 1.50. The molecule has 0 amide bonds. The lowest BCUT2D eigenvalue weighted by Gasteiger charge is -2.09. The predicted molar refractivity (Wildman–Crippen MR) is 97.0 cm³/mol. The number of esters is 1. The molecule has 0 spiro atoms. The van der Waals surface area contributed by atoms with Crippen LogP contribution in [-0.4, -0.2) is 22.1 Å². The van der Waals surface area contributed by atoms with Gasteiger partial charge in [-0.05, 0) is 43.3 Å². The Bertz CT molecular complexity index is 919. The maximum absolute atomic E-state index is 14.3. The molecule has 0 N–H and O–H groups in total. The molecule has 7 heteroatoms. The summed E-state index contributed by atoms with van der Waals surface area (Å²) in [6.45, 7) is 1.96. The first-order chi connectivity index (χ1) is 12.5. The predicted octanol–water partition coefficient (Wildman–Crippen LogP) is 4.69. The number of nitrogens with zero attached hydrogens (tertiary/aromatic N) is 2. The van der Waals surface area contributed by atoms with Crippen LogP contribution in [0.1, 0.15) is 12.6 Å². The van der Waals surface area contributed by atoms with Crippen molar-refractivity contribution in [2.75, 3.05) is 6.61 Å². The number of carbonyl (C=O) groups excluding carboxylic acids is 1. The van der Waals surface area contributed by atoms with Gasteiger partial charge in [0.25, 0.3) is 0 Å². The minimum atomic E-state index is -0.725. The minimum absolute atomic E-state index is 0.0829. The second kappa shape index (κ2) is 7.78. The molecule has 0 bridgehead atoms. The SMILES string of the molecule is CCOC(=O)Cc1cn(-c2ccc(Br)cc2)c(-c2c(F)cccc2F)n1. The number of halogens is 3. The van der Waals surface area contributed by atoms with Crippen LogP contribution < -0.4 is 0 Å². The van der Waals surface area contributed by atoms with Gasteiger partial charge in [0.15, 0.2) is 5.82 Å². The summed E-state index contributed by atoms with van der Waals surface area (Å²) in [6, 6.07) is 10.8. The molecule has 0 aliphatic heterocycles. The molecule has 0 aliphatic carbocycles. The highest BCUT2D eigenvalue weighted by Crippen LogP contribution is 2.28. The highest BCUT2D eigenvalue weighted by atomic mass is 79.9. The molecule has 0 radical (unpaired) electrons. The van der Waals surface area contributed by atoms with E-state index >= 15 is 0 Å². The molecule has 0 aliphatic rings. The van der Waals surface area contributed by atoms with Gasteiger partial charge < -0.3 is 4.74 Å². The number of carbonyl (C=O) groups is 1. The molecular weight excluding hydrogens is 406 g/mol. The van der Waals surface area contributed by atoms with Crippen molar-refractivity contribution in [1.29, 1.82) is 0 Å². The third kappa shape index (κ3) is 3.83. The Morgan fingerprint density at radius 3 is 2.42 bits per heavy atom. The summed E-state index contributed by atoms with van der Waals surface area (Å²) in [4.78, 5) is 16.1. The topological polar surface area (TPSA) is 44.1 Å². The van der Waals surface area contributed by atoms with Crippen molar-refractivity contribution < 1.29 is 18.3 Å². The number of imidazole rings is 1. The highest BCUT2D eigenvalue weighted by Gasteiger charge is 2.20. The van der Waals surface area contributed by atoms with Crippen LogP contribution in [0.4, 0.5) is 8.78 Å². The standard InChI is InChI=1S/C19H15BrF2N2O2/c1-2-26-17(25)10-13-11-24(14-8-6-12(20)7-9-14)19(23-13)18-15(21)4-3-5-16(18)22/h3-9,11H,2,10H2,1H3. The van der Waals surface area contributed by atoms with Crippen molar-refractivity contribution >= 4 is 21.9 Å². The van der Waals surface area contributed by atoms with Gasteiger partial charge in [-0.1, -0.05) is 22.0 Å². The number of benzene rings is 2. The van der Waals surface area contributed by atoms with Crippen LogP contribution in [-0.2, 0) is 16.0 Å². The maximum atomic E-state index is 14.3. The summed E-state index contributed by atoms with van der Waals surface area (Å²) >= 11 is 3.35.